The number of pyridine rings is 1. The third-order valence-corrected chi connectivity index (χ3v) is 2.86. The lowest BCUT2D eigenvalue weighted by molar-refractivity contribution is -0.383. The van der Waals surface area contributed by atoms with Gasteiger partial charge in [-0.15, -0.1) is 0 Å². The standard InChI is InChI=1S/C13H20N6O6/c1-4-25-13(21)18-9-5-8(10(19(22)23)11(14)17-9)16-7(2)12(20)15-6-24-3/h5,7H,4,6H2,1-3H3,(H,15,20)(H4,14,16,17,18,21). The molecular formula is C13H20N6O6. The van der Waals surface area contributed by atoms with Crippen LogP contribution in [0.25, 0.3) is 0 Å². The molecule has 0 aliphatic rings. The van der Waals surface area contributed by atoms with Gasteiger partial charge in [-0.05, 0) is 13.8 Å². The van der Waals surface area contributed by atoms with Gasteiger partial charge in [0, 0.05) is 13.2 Å². The zero-order valence-corrected chi connectivity index (χ0v) is 14.0. The van der Waals surface area contributed by atoms with Crippen LogP contribution in [0.5, 0.6) is 0 Å². The zero-order valence-electron chi connectivity index (χ0n) is 14.0. The fourth-order valence-corrected chi connectivity index (χ4v) is 1.79. The topological polar surface area (TPSA) is 171 Å². The molecular weight excluding hydrogens is 336 g/mol. The van der Waals surface area contributed by atoms with Crippen LogP contribution in [0.1, 0.15) is 13.8 Å². The molecule has 0 bridgehead atoms. The number of ether oxygens (including phenoxy) is 2. The Kier molecular flexibility index (Phi) is 7.34. The number of nitrogens with zero attached hydrogens (tertiary/aromatic N) is 2. The first-order valence-electron chi connectivity index (χ1n) is 7.22. The number of methoxy groups -OCH3 is 1. The number of nitrogens with two attached hydrogens (primary N) is 1. The highest BCUT2D eigenvalue weighted by molar-refractivity contribution is 5.89. The molecule has 2 amide bonds. The first-order chi connectivity index (χ1) is 11.8. The van der Waals surface area contributed by atoms with Crippen molar-refractivity contribution in [2.45, 2.75) is 19.9 Å². The molecule has 138 valence electrons. The summed E-state index contributed by atoms with van der Waals surface area (Å²) in [5.41, 5.74) is 5.01. The van der Waals surface area contributed by atoms with E-state index in [0.717, 1.165) is 0 Å². The van der Waals surface area contributed by atoms with Gasteiger partial charge in [0.15, 0.2) is 0 Å². The Bertz CT molecular complexity index is 652. The highest BCUT2D eigenvalue weighted by atomic mass is 16.6. The van der Waals surface area contributed by atoms with E-state index in [2.05, 4.69) is 20.9 Å². The van der Waals surface area contributed by atoms with Crippen LogP contribution in [-0.4, -0.2) is 48.4 Å². The Hall–Kier alpha value is -3.15. The van der Waals surface area contributed by atoms with E-state index in [9.17, 15) is 19.7 Å². The van der Waals surface area contributed by atoms with Gasteiger partial charge in [0.2, 0.25) is 11.7 Å². The van der Waals surface area contributed by atoms with E-state index in [1.807, 2.05) is 0 Å². The highest BCUT2D eigenvalue weighted by Crippen LogP contribution is 2.32. The molecule has 25 heavy (non-hydrogen) atoms. The Morgan fingerprint density at radius 1 is 1.48 bits per heavy atom. The predicted molar refractivity (Wildman–Crippen MR) is 89.1 cm³/mol. The number of hydrogen-bond donors (Lipinski definition) is 4. The number of nitrogens with one attached hydrogen (secondary N) is 3. The molecule has 1 aromatic heterocycles. The molecule has 12 nitrogen and oxygen atoms in total. The number of anilines is 3. The minimum atomic E-state index is -0.842. The summed E-state index contributed by atoms with van der Waals surface area (Å²) in [4.78, 5) is 37.5. The van der Waals surface area contributed by atoms with E-state index >= 15 is 0 Å². The van der Waals surface area contributed by atoms with Crippen LogP contribution in [0.15, 0.2) is 6.07 Å². The third-order valence-electron chi connectivity index (χ3n) is 2.86. The smallest absolute Gasteiger partial charge is 0.412 e. The summed E-state index contributed by atoms with van der Waals surface area (Å²) in [6.45, 7) is 3.23. The van der Waals surface area contributed by atoms with Gasteiger partial charge < -0.3 is 25.8 Å². The van der Waals surface area contributed by atoms with Crippen molar-refractivity contribution in [3.05, 3.63) is 16.2 Å². The number of nitro groups is 1. The van der Waals surface area contributed by atoms with Gasteiger partial charge in [-0.1, -0.05) is 0 Å². The lowest BCUT2D eigenvalue weighted by Crippen LogP contribution is -2.38. The van der Waals surface area contributed by atoms with Gasteiger partial charge in [-0.3, -0.25) is 20.2 Å². The van der Waals surface area contributed by atoms with Crippen molar-refractivity contribution >= 4 is 35.0 Å². The molecule has 1 unspecified atom stereocenters. The van der Waals surface area contributed by atoms with Crippen molar-refractivity contribution in [3.8, 4) is 0 Å². The summed E-state index contributed by atoms with van der Waals surface area (Å²) in [5.74, 6) is -0.939. The van der Waals surface area contributed by atoms with E-state index in [-0.39, 0.29) is 24.8 Å². The van der Waals surface area contributed by atoms with Gasteiger partial charge >= 0.3 is 11.8 Å². The van der Waals surface area contributed by atoms with Crippen LogP contribution in [0.4, 0.5) is 27.8 Å². The van der Waals surface area contributed by atoms with Crippen LogP contribution >= 0.6 is 0 Å². The maximum atomic E-state index is 11.9. The SMILES string of the molecule is CCOC(=O)Nc1cc(NC(C)C(=O)NCOC)c([N+](=O)[O-])c(N)n1. The second-order valence-electron chi connectivity index (χ2n) is 4.73. The first-order valence-corrected chi connectivity index (χ1v) is 7.22. The van der Waals surface area contributed by atoms with E-state index in [1.165, 1.54) is 20.1 Å². The van der Waals surface area contributed by atoms with Crippen molar-refractivity contribution in [1.82, 2.24) is 10.3 Å². The van der Waals surface area contributed by atoms with Crippen LogP contribution in [-0.2, 0) is 14.3 Å². The summed E-state index contributed by atoms with van der Waals surface area (Å²) in [6.07, 6.45) is -0.792. The summed E-state index contributed by atoms with van der Waals surface area (Å²) >= 11 is 0. The number of amides is 2. The van der Waals surface area contributed by atoms with Crippen molar-refractivity contribution in [2.24, 2.45) is 0 Å². The van der Waals surface area contributed by atoms with Crippen LogP contribution < -0.4 is 21.7 Å². The number of hydrogen-bond acceptors (Lipinski definition) is 9. The van der Waals surface area contributed by atoms with Crippen molar-refractivity contribution in [1.29, 1.82) is 0 Å². The number of rotatable bonds is 8. The fraction of sp³-hybridized carbons (Fsp3) is 0.462. The number of carbonyl (C=O) groups excluding carboxylic acids is 2. The van der Waals surface area contributed by atoms with E-state index in [1.54, 1.807) is 6.92 Å². The summed E-state index contributed by atoms with van der Waals surface area (Å²) < 4.78 is 9.42. The molecule has 0 aliphatic heterocycles. The van der Waals surface area contributed by atoms with Gasteiger partial charge in [0.1, 0.15) is 24.3 Å². The lowest BCUT2D eigenvalue weighted by atomic mass is 10.2. The maximum absolute atomic E-state index is 11.9. The monoisotopic (exact) mass is 356 g/mol. The average molecular weight is 356 g/mol. The molecule has 5 N–H and O–H groups in total. The number of carbonyl (C=O) groups is 2. The second kappa shape index (κ2) is 9.22. The minimum absolute atomic E-state index is 0.0128. The largest absolute Gasteiger partial charge is 0.450 e. The van der Waals surface area contributed by atoms with Crippen molar-refractivity contribution in [2.75, 3.05) is 36.8 Å². The Morgan fingerprint density at radius 3 is 2.72 bits per heavy atom. The molecule has 12 heteroatoms. The zero-order chi connectivity index (χ0) is 19.0. The second-order valence-corrected chi connectivity index (χ2v) is 4.73. The molecule has 1 rings (SSSR count). The Morgan fingerprint density at radius 2 is 2.16 bits per heavy atom. The highest BCUT2D eigenvalue weighted by Gasteiger charge is 2.24. The van der Waals surface area contributed by atoms with Crippen LogP contribution in [0.2, 0.25) is 0 Å². The molecule has 0 saturated heterocycles. The summed E-state index contributed by atoms with van der Waals surface area (Å²) in [7, 11) is 1.40. The van der Waals surface area contributed by atoms with Gasteiger partial charge in [0.05, 0.1) is 11.5 Å². The normalized spacial score (nSPS) is 11.3. The van der Waals surface area contributed by atoms with E-state index < -0.39 is 34.5 Å². The van der Waals surface area contributed by atoms with Gasteiger partial charge in [-0.2, -0.15) is 0 Å². The predicted octanol–water partition coefficient (Wildman–Crippen LogP) is 0.661. The van der Waals surface area contributed by atoms with Gasteiger partial charge in [-0.25, -0.2) is 9.78 Å². The molecule has 0 saturated carbocycles. The number of aromatic nitrogens is 1. The van der Waals surface area contributed by atoms with Crippen LogP contribution in [0.3, 0.4) is 0 Å². The van der Waals surface area contributed by atoms with Crippen molar-refractivity contribution < 1.29 is 24.0 Å². The van der Waals surface area contributed by atoms with Gasteiger partial charge in [0.25, 0.3) is 0 Å². The third kappa shape index (κ3) is 5.76. The molecule has 0 fully saturated rings. The van der Waals surface area contributed by atoms with Crippen LogP contribution in [0, 0.1) is 10.1 Å². The van der Waals surface area contributed by atoms with E-state index in [0.29, 0.717) is 0 Å². The first kappa shape index (κ1) is 19.9. The fourth-order valence-electron chi connectivity index (χ4n) is 1.79. The maximum Gasteiger partial charge on any atom is 0.412 e. The molecule has 0 aromatic carbocycles. The Balaban J connectivity index is 3.08. The molecule has 0 radical (unpaired) electrons. The molecule has 0 spiro atoms. The van der Waals surface area contributed by atoms with Crippen molar-refractivity contribution in [3.63, 3.8) is 0 Å². The average Bonchev–Trinajstić information content (AvgIpc) is 2.51. The molecule has 1 heterocycles. The number of nitrogen functional groups attached to an aromatic ring is 1. The molecule has 1 atom stereocenters. The lowest BCUT2D eigenvalue weighted by Gasteiger charge is -2.16. The molecule has 0 aliphatic carbocycles. The summed E-state index contributed by atoms with van der Waals surface area (Å²) in [5, 5.41) is 18.6. The molecule has 1 aromatic rings. The quantitative estimate of drug-likeness (QED) is 0.296. The van der Waals surface area contributed by atoms with E-state index in [4.69, 9.17) is 15.2 Å². The summed E-state index contributed by atoms with van der Waals surface area (Å²) in [6, 6.07) is 0.344. The Labute approximate surface area is 143 Å². The minimum Gasteiger partial charge on any atom is -0.450 e.